The van der Waals surface area contributed by atoms with Crippen LogP contribution in [0.2, 0.25) is 0 Å². The first-order valence-corrected chi connectivity index (χ1v) is 5.29. The first-order valence-electron chi connectivity index (χ1n) is 5.29. The Labute approximate surface area is 92.4 Å². The van der Waals surface area contributed by atoms with Gasteiger partial charge in [0.05, 0.1) is 5.54 Å². The molecule has 0 aliphatic heterocycles. The highest BCUT2D eigenvalue weighted by atomic mass is 16.3. The van der Waals surface area contributed by atoms with Crippen molar-refractivity contribution in [2.45, 2.75) is 25.3 Å². The Hall–Kier alpha value is -1.68. The van der Waals surface area contributed by atoms with Crippen molar-refractivity contribution in [3.8, 4) is 0 Å². The first kappa shape index (κ1) is 9.54. The van der Waals surface area contributed by atoms with E-state index in [1.807, 2.05) is 0 Å². The maximum atomic E-state index is 12.0. The minimum absolute atomic E-state index is 0.00320. The molecule has 3 rings (SSSR count). The molecule has 1 aliphatic rings. The van der Waals surface area contributed by atoms with Crippen molar-refractivity contribution in [1.29, 1.82) is 0 Å². The van der Waals surface area contributed by atoms with E-state index in [4.69, 9.17) is 10.2 Å². The monoisotopic (exact) mass is 216 g/mol. The van der Waals surface area contributed by atoms with Crippen molar-refractivity contribution in [1.82, 2.24) is 4.98 Å². The number of hydrogen-bond donors (Lipinski definition) is 1. The fourth-order valence-corrected chi connectivity index (χ4v) is 1.83. The summed E-state index contributed by atoms with van der Waals surface area (Å²) in [5.74, 6) is 0.608. The molecule has 16 heavy (non-hydrogen) atoms. The molecule has 1 fully saturated rings. The molecular weight excluding hydrogens is 204 g/mol. The molecule has 4 nitrogen and oxygen atoms in total. The molecule has 1 saturated carbocycles. The van der Waals surface area contributed by atoms with E-state index in [0.29, 0.717) is 17.0 Å². The zero-order valence-corrected chi connectivity index (χ0v) is 8.99. The Balaban J connectivity index is 2.07. The number of oxazole rings is 1. The van der Waals surface area contributed by atoms with Crippen LogP contribution in [0.5, 0.6) is 0 Å². The zero-order chi connectivity index (χ0) is 11.3. The SMILES string of the molecule is Cc1nc2ccc(C(=O)C3(N)CC3)cc2o1. The smallest absolute Gasteiger partial charge is 0.192 e. The van der Waals surface area contributed by atoms with Crippen LogP contribution in [-0.2, 0) is 0 Å². The number of Topliss-reactive ketones (excluding diaryl/α,β-unsaturated/α-hetero) is 1. The molecule has 0 amide bonds. The molecule has 1 heterocycles. The highest BCUT2D eigenvalue weighted by molar-refractivity contribution is 6.06. The summed E-state index contributed by atoms with van der Waals surface area (Å²) >= 11 is 0. The third-order valence-corrected chi connectivity index (χ3v) is 3.00. The van der Waals surface area contributed by atoms with Crippen LogP contribution in [0.3, 0.4) is 0 Å². The molecule has 0 atom stereocenters. The van der Waals surface area contributed by atoms with Crippen LogP contribution in [0.15, 0.2) is 22.6 Å². The summed E-state index contributed by atoms with van der Waals surface area (Å²) in [7, 11) is 0. The van der Waals surface area contributed by atoms with Gasteiger partial charge < -0.3 is 10.2 Å². The van der Waals surface area contributed by atoms with E-state index >= 15 is 0 Å². The minimum Gasteiger partial charge on any atom is -0.441 e. The summed E-state index contributed by atoms with van der Waals surface area (Å²) in [5.41, 5.74) is 7.29. The molecule has 0 bridgehead atoms. The van der Waals surface area contributed by atoms with Crippen LogP contribution in [0.4, 0.5) is 0 Å². The Kier molecular flexibility index (Phi) is 1.74. The summed E-state index contributed by atoms with van der Waals surface area (Å²) in [6, 6.07) is 5.29. The van der Waals surface area contributed by atoms with Crippen LogP contribution in [-0.4, -0.2) is 16.3 Å². The number of nitrogens with zero attached hydrogens (tertiary/aromatic N) is 1. The lowest BCUT2D eigenvalue weighted by molar-refractivity contribution is 0.0949. The fraction of sp³-hybridized carbons (Fsp3) is 0.333. The summed E-state index contributed by atoms with van der Waals surface area (Å²) in [4.78, 5) is 16.2. The largest absolute Gasteiger partial charge is 0.441 e. The third kappa shape index (κ3) is 1.34. The Bertz CT molecular complexity index is 582. The van der Waals surface area contributed by atoms with Gasteiger partial charge in [-0.3, -0.25) is 4.79 Å². The number of ketones is 1. The van der Waals surface area contributed by atoms with E-state index in [2.05, 4.69) is 4.98 Å². The van der Waals surface area contributed by atoms with Crippen molar-refractivity contribution >= 4 is 16.9 Å². The van der Waals surface area contributed by atoms with Crippen LogP contribution < -0.4 is 5.73 Å². The number of fused-ring (bicyclic) bond motifs is 1. The topological polar surface area (TPSA) is 69.1 Å². The van der Waals surface area contributed by atoms with E-state index < -0.39 is 5.54 Å². The van der Waals surface area contributed by atoms with Gasteiger partial charge in [-0.05, 0) is 31.0 Å². The van der Waals surface area contributed by atoms with Crippen LogP contribution in [0.1, 0.15) is 29.1 Å². The van der Waals surface area contributed by atoms with Gasteiger partial charge in [0.2, 0.25) is 0 Å². The second-order valence-corrected chi connectivity index (χ2v) is 4.40. The van der Waals surface area contributed by atoms with Crippen LogP contribution in [0, 0.1) is 6.92 Å². The van der Waals surface area contributed by atoms with Crippen LogP contribution >= 0.6 is 0 Å². The first-order chi connectivity index (χ1) is 7.58. The second-order valence-electron chi connectivity index (χ2n) is 4.40. The van der Waals surface area contributed by atoms with Crippen molar-refractivity contribution < 1.29 is 9.21 Å². The average molecular weight is 216 g/mol. The van der Waals surface area contributed by atoms with Crippen molar-refractivity contribution in [3.63, 3.8) is 0 Å². The third-order valence-electron chi connectivity index (χ3n) is 3.00. The summed E-state index contributed by atoms with van der Waals surface area (Å²) in [5, 5.41) is 0. The summed E-state index contributed by atoms with van der Waals surface area (Å²) < 4.78 is 5.39. The van der Waals surface area contributed by atoms with E-state index in [1.165, 1.54) is 0 Å². The number of carbonyl (C=O) groups excluding carboxylic acids is 1. The highest BCUT2D eigenvalue weighted by Gasteiger charge is 2.46. The highest BCUT2D eigenvalue weighted by Crippen LogP contribution is 2.36. The molecule has 1 aliphatic carbocycles. The number of hydrogen-bond acceptors (Lipinski definition) is 4. The lowest BCUT2D eigenvalue weighted by Crippen LogP contribution is -2.32. The lowest BCUT2D eigenvalue weighted by atomic mass is 10.0. The number of benzene rings is 1. The molecule has 0 saturated heterocycles. The predicted molar refractivity (Wildman–Crippen MR) is 59.2 cm³/mol. The maximum absolute atomic E-state index is 12.0. The number of carbonyl (C=O) groups is 1. The van der Waals surface area contributed by atoms with Gasteiger partial charge in [-0.1, -0.05) is 0 Å². The second kappa shape index (κ2) is 2.92. The van der Waals surface area contributed by atoms with Crippen molar-refractivity contribution in [3.05, 3.63) is 29.7 Å². The van der Waals surface area contributed by atoms with Gasteiger partial charge in [-0.15, -0.1) is 0 Å². The van der Waals surface area contributed by atoms with Gasteiger partial charge in [0.1, 0.15) is 5.52 Å². The minimum atomic E-state index is -0.622. The molecular formula is C12H12N2O2. The van der Waals surface area contributed by atoms with E-state index in [-0.39, 0.29) is 5.78 Å². The molecule has 0 unspecified atom stereocenters. The van der Waals surface area contributed by atoms with Gasteiger partial charge in [0.15, 0.2) is 17.3 Å². The number of nitrogens with two attached hydrogens (primary N) is 1. The normalized spacial score (nSPS) is 17.6. The summed E-state index contributed by atoms with van der Waals surface area (Å²) in [6.45, 7) is 1.78. The standard InChI is InChI=1S/C12H12N2O2/c1-7-14-9-3-2-8(6-10(9)16-7)11(15)12(13)4-5-12/h2-3,6H,4-5,13H2,1H3. The van der Waals surface area contributed by atoms with Crippen molar-refractivity contribution in [2.24, 2.45) is 5.73 Å². The van der Waals surface area contributed by atoms with E-state index in [0.717, 1.165) is 18.4 Å². The molecule has 2 aromatic rings. The Morgan fingerprint density at radius 1 is 1.50 bits per heavy atom. The molecule has 0 radical (unpaired) electrons. The Morgan fingerprint density at radius 2 is 2.25 bits per heavy atom. The molecule has 82 valence electrons. The quantitative estimate of drug-likeness (QED) is 0.777. The van der Waals surface area contributed by atoms with Gasteiger partial charge >= 0.3 is 0 Å². The number of aryl methyl sites for hydroxylation is 1. The molecule has 1 aromatic carbocycles. The molecule has 4 heteroatoms. The summed E-state index contributed by atoms with van der Waals surface area (Å²) in [6.07, 6.45) is 1.55. The van der Waals surface area contributed by atoms with Crippen LogP contribution in [0.25, 0.3) is 11.1 Å². The van der Waals surface area contributed by atoms with Gasteiger partial charge in [0, 0.05) is 12.5 Å². The molecule has 0 spiro atoms. The van der Waals surface area contributed by atoms with Gasteiger partial charge in [-0.25, -0.2) is 4.98 Å². The van der Waals surface area contributed by atoms with E-state index in [1.54, 1.807) is 25.1 Å². The predicted octanol–water partition coefficient (Wildman–Crippen LogP) is 1.81. The molecule has 1 aromatic heterocycles. The number of aromatic nitrogens is 1. The number of rotatable bonds is 2. The lowest BCUT2D eigenvalue weighted by Gasteiger charge is -2.06. The molecule has 2 N–H and O–H groups in total. The zero-order valence-electron chi connectivity index (χ0n) is 8.99. The maximum Gasteiger partial charge on any atom is 0.192 e. The van der Waals surface area contributed by atoms with E-state index in [9.17, 15) is 4.79 Å². The Morgan fingerprint density at radius 3 is 2.94 bits per heavy atom. The van der Waals surface area contributed by atoms with Crippen molar-refractivity contribution in [2.75, 3.05) is 0 Å². The van der Waals surface area contributed by atoms with Gasteiger partial charge in [-0.2, -0.15) is 0 Å². The average Bonchev–Trinajstić information content (AvgIpc) is 2.89. The van der Waals surface area contributed by atoms with Gasteiger partial charge in [0.25, 0.3) is 0 Å². The fourth-order valence-electron chi connectivity index (χ4n) is 1.83.